The van der Waals surface area contributed by atoms with Crippen LogP contribution in [0.5, 0.6) is 0 Å². The molecule has 0 radical (unpaired) electrons. The minimum Gasteiger partial charge on any atom is -0.288 e. The maximum atomic E-state index is 16.2. The van der Waals surface area contributed by atoms with E-state index < -0.39 is 5.79 Å². The van der Waals surface area contributed by atoms with Crippen molar-refractivity contribution in [3.63, 3.8) is 0 Å². The fourth-order valence-electron chi connectivity index (χ4n) is 5.74. The summed E-state index contributed by atoms with van der Waals surface area (Å²) in [6, 6.07) is 28.1. The number of alkyl halides is 1. The predicted octanol–water partition coefficient (Wildman–Crippen LogP) is 8.15. The number of nitrogens with zero attached hydrogens (tertiary/aromatic N) is 5. The molecule has 0 fully saturated rings. The summed E-state index contributed by atoms with van der Waals surface area (Å²) in [6.07, 6.45) is 10.9. The van der Waals surface area contributed by atoms with E-state index in [2.05, 4.69) is 34.2 Å². The minimum absolute atomic E-state index is 0.258. The summed E-state index contributed by atoms with van der Waals surface area (Å²) >= 11 is 0. The lowest BCUT2D eigenvalue weighted by Crippen LogP contribution is -2.26. The summed E-state index contributed by atoms with van der Waals surface area (Å²) in [5.74, 6) is -1.68. The van der Waals surface area contributed by atoms with E-state index in [1.54, 1.807) is 29.1 Å². The van der Waals surface area contributed by atoms with Crippen LogP contribution in [0.15, 0.2) is 122 Å². The number of aromatic nitrogens is 5. The van der Waals surface area contributed by atoms with Crippen LogP contribution < -0.4 is 0 Å². The Kier molecular flexibility index (Phi) is 4.91. The SMILES string of the molecule is FC1(n2c3ccc(-c4cccc(-c5ccc6ccc7cccnc7c6n5)n4)cc3c3cccnc32)C=CC=CC1. The number of hydrogen-bond donors (Lipinski definition) is 0. The smallest absolute Gasteiger partial charge is 0.210 e. The van der Waals surface area contributed by atoms with E-state index in [1.165, 1.54) is 0 Å². The van der Waals surface area contributed by atoms with Crippen molar-refractivity contribution in [1.29, 1.82) is 0 Å². The number of fused-ring (bicyclic) bond motifs is 6. The molecule has 0 bridgehead atoms. The Morgan fingerprint density at radius 1 is 0.675 bits per heavy atom. The zero-order valence-electron chi connectivity index (χ0n) is 21.4. The Bertz CT molecular complexity index is 2180. The van der Waals surface area contributed by atoms with Gasteiger partial charge in [-0.2, -0.15) is 0 Å². The average Bonchev–Trinajstić information content (AvgIpc) is 3.36. The first-order valence-electron chi connectivity index (χ1n) is 13.2. The number of allylic oxidation sites excluding steroid dienone is 4. The lowest BCUT2D eigenvalue weighted by molar-refractivity contribution is 0.146. The van der Waals surface area contributed by atoms with Gasteiger partial charge in [-0.25, -0.2) is 19.3 Å². The first-order chi connectivity index (χ1) is 19.7. The van der Waals surface area contributed by atoms with Crippen LogP contribution in [0.3, 0.4) is 0 Å². The zero-order chi connectivity index (χ0) is 26.7. The molecule has 0 N–H and O–H groups in total. The normalized spacial score (nSPS) is 16.9. The molecule has 6 heteroatoms. The van der Waals surface area contributed by atoms with Crippen molar-refractivity contribution in [2.45, 2.75) is 12.2 Å². The Balaban J connectivity index is 1.27. The van der Waals surface area contributed by atoms with Crippen LogP contribution in [0.2, 0.25) is 0 Å². The molecule has 190 valence electrons. The molecule has 5 aromatic heterocycles. The van der Waals surface area contributed by atoms with Gasteiger partial charge in [-0.15, -0.1) is 0 Å². The topological polar surface area (TPSA) is 56.5 Å². The van der Waals surface area contributed by atoms with E-state index in [0.29, 0.717) is 5.65 Å². The van der Waals surface area contributed by atoms with Gasteiger partial charge in [-0.3, -0.25) is 9.55 Å². The van der Waals surface area contributed by atoms with E-state index in [1.807, 2.05) is 72.8 Å². The van der Waals surface area contributed by atoms with Crippen LogP contribution in [0.4, 0.5) is 4.39 Å². The lowest BCUT2D eigenvalue weighted by Gasteiger charge is -2.25. The summed E-state index contributed by atoms with van der Waals surface area (Å²) < 4.78 is 17.9. The molecule has 5 heterocycles. The highest BCUT2D eigenvalue weighted by atomic mass is 19.1. The van der Waals surface area contributed by atoms with Gasteiger partial charge in [-0.05, 0) is 54.6 Å². The molecule has 40 heavy (non-hydrogen) atoms. The summed E-state index contributed by atoms with van der Waals surface area (Å²) in [5, 5.41) is 3.94. The second-order valence-corrected chi connectivity index (χ2v) is 10.1. The summed E-state index contributed by atoms with van der Waals surface area (Å²) in [7, 11) is 0. The van der Waals surface area contributed by atoms with Gasteiger partial charge in [0, 0.05) is 45.9 Å². The van der Waals surface area contributed by atoms with Crippen LogP contribution >= 0.6 is 0 Å². The quantitative estimate of drug-likeness (QED) is 0.221. The van der Waals surface area contributed by atoms with Crippen LogP contribution in [0, 0.1) is 0 Å². The van der Waals surface area contributed by atoms with Crippen molar-refractivity contribution < 1.29 is 4.39 Å². The molecular formula is C34H22FN5. The number of hydrogen-bond acceptors (Lipinski definition) is 4. The van der Waals surface area contributed by atoms with Gasteiger partial charge in [0.1, 0.15) is 5.65 Å². The molecule has 0 aliphatic heterocycles. The van der Waals surface area contributed by atoms with Crippen LogP contribution in [-0.4, -0.2) is 24.5 Å². The van der Waals surface area contributed by atoms with E-state index >= 15 is 4.39 Å². The molecule has 2 aromatic carbocycles. The summed E-state index contributed by atoms with van der Waals surface area (Å²) in [4.78, 5) is 19.1. The monoisotopic (exact) mass is 519 g/mol. The van der Waals surface area contributed by atoms with E-state index in [9.17, 15) is 0 Å². The molecule has 5 nitrogen and oxygen atoms in total. The van der Waals surface area contributed by atoms with E-state index in [0.717, 1.165) is 60.7 Å². The maximum absolute atomic E-state index is 16.2. The van der Waals surface area contributed by atoms with Crippen molar-refractivity contribution in [3.05, 3.63) is 122 Å². The second-order valence-electron chi connectivity index (χ2n) is 10.1. The van der Waals surface area contributed by atoms with Gasteiger partial charge in [0.25, 0.3) is 0 Å². The van der Waals surface area contributed by atoms with Gasteiger partial charge in [0.15, 0.2) is 0 Å². The highest BCUT2D eigenvalue weighted by Gasteiger charge is 2.32. The molecule has 0 saturated heterocycles. The fourth-order valence-corrected chi connectivity index (χ4v) is 5.74. The molecule has 1 aliphatic rings. The third-order valence-electron chi connectivity index (χ3n) is 7.64. The Morgan fingerprint density at radius 2 is 1.48 bits per heavy atom. The number of pyridine rings is 4. The van der Waals surface area contributed by atoms with E-state index in [-0.39, 0.29) is 6.42 Å². The second kappa shape index (κ2) is 8.64. The lowest BCUT2D eigenvalue weighted by atomic mass is 10.0. The molecule has 1 unspecified atom stereocenters. The van der Waals surface area contributed by atoms with Gasteiger partial charge < -0.3 is 0 Å². The highest BCUT2D eigenvalue weighted by molar-refractivity contribution is 6.08. The largest absolute Gasteiger partial charge is 0.288 e. The number of rotatable bonds is 3. The molecule has 0 amide bonds. The maximum Gasteiger partial charge on any atom is 0.210 e. The van der Waals surface area contributed by atoms with Crippen molar-refractivity contribution in [2.75, 3.05) is 0 Å². The third-order valence-corrected chi connectivity index (χ3v) is 7.64. The fraction of sp³-hybridized carbons (Fsp3) is 0.0588. The van der Waals surface area contributed by atoms with Crippen LogP contribution in [0.25, 0.3) is 66.4 Å². The number of benzene rings is 2. The highest BCUT2D eigenvalue weighted by Crippen LogP contribution is 2.39. The van der Waals surface area contributed by atoms with Crippen molar-refractivity contribution in [2.24, 2.45) is 0 Å². The van der Waals surface area contributed by atoms with Crippen molar-refractivity contribution in [1.82, 2.24) is 24.5 Å². The molecule has 7 aromatic rings. The minimum atomic E-state index is -1.68. The van der Waals surface area contributed by atoms with Gasteiger partial charge in [0.05, 0.1) is 33.6 Å². The van der Waals surface area contributed by atoms with Crippen LogP contribution in [0.1, 0.15) is 6.42 Å². The molecule has 1 aliphatic carbocycles. The molecule has 0 spiro atoms. The summed E-state index contributed by atoms with van der Waals surface area (Å²) in [5.41, 5.74) is 6.48. The van der Waals surface area contributed by atoms with E-state index in [4.69, 9.17) is 9.97 Å². The predicted molar refractivity (Wildman–Crippen MR) is 158 cm³/mol. The standard InChI is InChI=1S/C34H22FN5/c35-34(17-2-1-3-18-34)40-30-16-14-24(21-26(30)25-8-6-20-37-33(25)40)27-9-4-10-28(38-27)29-15-13-23-12-11-22-7-5-19-36-31(22)32(23)39-29/h1-17,19-21H,18H2. The third kappa shape index (κ3) is 3.46. The molecule has 1 atom stereocenters. The first kappa shape index (κ1) is 22.7. The first-order valence-corrected chi connectivity index (χ1v) is 13.2. The van der Waals surface area contributed by atoms with Gasteiger partial charge in [-0.1, -0.05) is 54.6 Å². The van der Waals surface area contributed by atoms with Gasteiger partial charge in [0.2, 0.25) is 5.79 Å². The van der Waals surface area contributed by atoms with Gasteiger partial charge >= 0.3 is 0 Å². The van der Waals surface area contributed by atoms with Crippen LogP contribution in [-0.2, 0) is 5.79 Å². The average molecular weight is 520 g/mol. The molecule has 8 rings (SSSR count). The molecule has 0 saturated carbocycles. The Labute approximate surface area is 229 Å². The number of halogens is 1. The Morgan fingerprint density at radius 3 is 2.38 bits per heavy atom. The Hall–Kier alpha value is -5.23. The van der Waals surface area contributed by atoms with Crippen molar-refractivity contribution in [3.8, 4) is 22.6 Å². The zero-order valence-corrected chi connectivity index (χ0v) is 21.4. The van der Waals surface area contributed by atoms with Crippen molar-refractivity contribution >= 4 is 43.7 Å². The summed E-state index contributed by atoms with van der Waals surface area (Å²) in [6.45, 7) is 0. The molecular weight excluding hydrogens is 497 g/mol.